The van der Waals surface area contributed by atoms with Gasteiger partial charge >= 0.3 is 0 Å². The van der Waals surface area contributed by atoms with Crippen LogP contribution in [0.25, 0.3) is 11.5 Å². The van der Waals surface area contributed by atoms with Crippen molar-refractivity contribution >= 4 is 17.5 Å². The van der Waals surface area contributed by atoms with E-state index in [9.17, 15) is 9.59 Å². The highest BCUT2D eigenvalue weighted by molar-refractivity contribution is 5.95. The number of piperidine rings is 1. The summed E-state index contributed by atoms with van der Waals surface area (Å²) in [5, 5.41) is 14.9. The summed E-state index contributed by atoms with van der Waals surface area (Å²) in [7, 11) is 1.84. The number of aromatic nitrogens is 4. The number of amides is 2. The molecule has 1 aliphatic heterocycles. The van der Waals surface area contributed by atoms with Crippen molar-refractivity contribution in [3.05, 3.63) is 47.6 Å². The Morgan fingerprint density at radius 1 is 1.13 bits per heavy atom. The number of aryl methyl sites for hydroxylation is 2. The number of anilines is 1. The number of hydrogen-bond acceptors (Lipinski definition) is 6. The van der Waals surface area contributed by atoms with Gasteiger partial charge in [0.15, 0.2) is 0 Å². The standard InChI is InChI=1S/C22H26N6O3/c1-14-19(13-23-27(14)3)24-20(29)12-16-8-10-28(11-9-16)22(30)18-6-4-17(5-7-18)21-26-25-15(2)31-21/h4-7,13,16H,8-12H2,1-3H3,(H,24,29). The average molecular weight is 422 g/mol. The van der Waals surface area contributed by atoms with Crippen molar-refractivity contribution in [1.82, 2.24) is 24.9 Å². The lowest BCUT2D eigenvalue weighted by Crippen LogP contribution is -2.39. The molecule has 0 aliphatic carbocycles. The topological polar surface area (TPSA) is 106 Å². The third kappa shape index (κ3) is 4.65. The van der Waals surface area contributed by atoms with Gasteiger partial charge in [-0.1, -0.05) is 0 Å². The average Bonchev–Trinajstić information content (AvgIpc) is 3.34. The van der Waals surface area contributed by atoms with Crippen LogP contribution in [0.1, 0.15) is 41.2 Å². The van der Waals surface area contributed by atoms with E-state index in [1.54, 1.807) is 29.9 Å². The van der Waals surface area contributed by atoms with Crippen molar-refractivity contribution in [3.8, 4) is 11.5 Å². The van der Waals surface area contributed by atoms with Gasteiger partial charge in [0, 0.05) is 44.6 Å². The lowest BCUT2D eigenvalue weighted by molar-refractivity contribution is -0.117. The normalized spacial score (nSPS) is 14.6. The minimum absolute atomic E-state index is 0.00199. The molecule has 9 heteroatoms. The van der Waals surface area contributed by atoms with Gasteiger partial charge in [0.2, 0.25) is 17.7 Å². The molecule has 0 radical (unpaired) electrons. The molecular formula is C22H26N6O3. The van der Waals surface area contributed by atoms with Crippen LogP contribution in [0, 0.1) is 19.8 Å². The van der Waals surface area contributed by atoms with Gasteiger partial charge in [-0.3, -0.25) is 14.3 Å². The first-order valence-electron chi connectivity index (χ1n) is 10.4. The maximum Gasteiger partial charge on any atom is 0.253 e. The Morgan fingerprint density at radius 2 is 1.84 bits per heavy atom. The van der Waals surface area contributed by atoms with E-state index in [1.807, 2.05) is 31.0 Å². The van der Waals surface area contributed by atoms with E-state index in [4.69, 9.17) is 4.42 Å². The molecule has 1 fully saturated rings. The van der Waals surface area contributed by atoms with Crippen molar-refractivity contribution in [2.45, 2.75) is 33.1 Å². The first kappa shape index (κ1) is 20.8. The molecule has 3 heterocycles. The van der Waals surface area contributed by atoms with Gasteiger partial charge in [0.25, 0.3) is 5.91 Å². The molecule has 4 rings (SSSR count). The van der Waals surface area contributed by atoms with Crippen LogP contribution in [0.3, 0.4) is 0 Å². The van der Waals surface area contributed by atoms with Crippen molar-refractivity contribution in [3.63, 3.8) is 0 Å². The zero-order valence-corrected chi connectivity index (χ0v) is 18.0. The molecule has 0 spiro atoms. The van der Waals surface area contributed by atoms with Gasteiger partial charge in [-0.15, -0.1) is 10.2 Å². The van der Waals surface area contributed by atoms with E-state index < -0.39 is 0 Å². The quantitative estimate of drug-likeness (QED) is 0.678. The predicted octanol–water partition coefficient (Wildman–Crippen LogP) is 2.97. The lowest BCUT2D eigenvalue weighted by atomic mass is 9.92. The van der Waals surface area contributed by atoms with Crippen LogP contribution < -0.4 is 5.32 Å². The van der Waals surface area contributed by atoms with Crippen LogP contribution in [0.5, 0.6) is 0 Å². The summed E-state index contributed by atoms with van der Waals surface area (Å²) in [4.78, 5) is 27.1. The largest absolute Gasteiger partial charge is 0.421 e. The number of nitrogens with zero attached hydrogens (tertiary/aromatic N) is 5. The molecule has 1 aromatic carbocycles. The maximum atomic E-state index is 12.8. The maximum absolute atomic E-state index is 12.8. The Morgan fingerprint density at radius 3 is 2.42 bits per heavy atom. The third-order valence-electron chi connectivity index (χ3n) is 5.79. The smallest absolute Gasteiger partial charge is 0.253 e. The zero-order valence-electron chi connectivity index (χ0n) is 18.0. The van der Waals surface area contributed by atoms with Gasteiger partial charge in [-0.25, -0.2) is 0 Å². The lowest BCUT2D eigenvalue weighted by Gasteiger charge is -2.31. The van der Waals surface area contributed by atoms with Crippen molar-refractivity contribution in [2.75, 3.05) is 18.4 Å². The molecule has 0 unspecified atom stereocenters. The second kappa shape index (κ2) is 8.71. The molecule has 1 N–H and O–H groups in total. The van der Waals surface area contributed by atoms with Crippen molar-refractivity contribution in [1.29, 1.82) is 0 Å². The molecule has 0 bridgehead atoms. The van der Waals surface area contributed by atoms with Crippen molar-refractivity contribution in [2.24, 2.45) is 13.0 Å². The second-order valence-electron chi connectivity index (χ2n) is 7.96. The number of carbonyl (C=O) groups excluding carboxylic acids is 2. The van der Waals surface area contributed by atoms with E-state index >= 15 is 0 Å². The fourth-order valence-corrected chi connectivity index (χ4v) is 3.78. The minimum atomic E-state index is -0.00673. The first-order valence-corrected chi connectivity index (χ1v) is 10.4. The van der Waals surface area contributed by atoms with E-state index in [2.05, 4.69) is 20.6 Å². The zero-order chi connectivity index (χ0) is 22.0. The molecular weight excluding hydrogens is 396 g/mol. The Labute approximate surface area is 180 Å². The number of benzene rings is 1. The van der Waals surface area contributed by atoms with Gasteiger partial charge in [0.1, 0.15) is 0 Å². The summed E-state index contributed by atoms with van der Waals surface area (Å²) in [5.74, 6) is 1.21. The van der Waals surface area contributed by atoms with Crippen molar-refractivity contribution < 1.29 is 14.0 Å². The summed E-state index contributed by atoms with van der Waals surface area (Å²) < 4.78 is 7.15. The minimum Gasteiger partial charge on any atom is -0.421 e. The van der Waals surface area contributed by atoms with E-state index in [1.165, 1.54) is 0 Å². The summed E-state index contributed by atoms with van der Waals surface area (Å²) in [6, 6.07) is 7.20. The Kier molecular flexibility index (Phi) is 5.83. The van der Waals surface area contributed by atoms with Crippen LogP contribution in [-0.2, 0) is 11.8 Å². The summed E-state index contributed by atoms with van der Waals surface area (Å²) >= 11 is 0. The van der Waals surface area contributed by atoms with Crippen LogP contribution in [-0.4, -0.2) is 49.8 Å². The molecule has 0 atom stereocenters. The Bertz CT molecular complexity index is 1080. The van der Waals surface area contributed by atoms with Gasteiger partial charge < -0.3 is 14.6 Å². The summed E-state index contributed by atoms with van der Waals surface area (Å²) in [6.07, 6.45) is 3.74. The predicted molar refractivity (Wildman–Crippen MR) is 114 cm³/mol. The molecule has 0 saturated carbocycles. The monoisotopic (exact) mass is 422 g/mol. The summed E-state index contributed by atoms with van der Waals surface area (Å²) in [6.45, 7) is 4.95. The SMILES string of the molecule is Cc1nnc(-c2ccc(C(=O)N3CCC(CC(=O)Nc4cnn(C)c4C)CC3)cc2)o1. The second-order valence-corrected chi connectivity index (χ2v) is 7.96. The fraction of sp³-hybridized carbons (Fsp3) is 0.409. The first-order chi connectivity index (χ1) is 14.9. The highest BCUT2D eigenvalue weighted by Gasteiger charge is 2.25. The number of rotatable bonds is 5. The highest BCUT2D eigenvalue weighted by atomic mass is 16.4. The van der Waals surface area contributed by atoms with Gasteiger partial charge in [-0.05, 0) is 49.9 Å². The molecule has 1 aliphatic rings. The number of hydrogen-bond donors (Lipinski definition) is 1. The van der Waals surface area contributed by atoms with Crippen LogP contribution in [0.2, 0.25) is 0 Å². The third-order valence-corrected chi connectivity index (χ3v) is 5.79. The molecule has 3 aromatic rings. The number of likely N-dealkylation sites (tertiary alicyclic amines) is 1. The Balaban J connectivity index is 1.28. The summed E-state index contributed by atoms with van der Waals surface area (Å²) in [5.41, 5.74) is 3.09. The number of carbonyl (C=O) groups is 2. The van der Waals surface area contributed by atoms with Crippen LogP contribution >= 0.6 is 0 Å². The molecule has 2 amide bonds. The highest BCUT2D eigenvalue weighted by Crippen LogP contribution is 2.24. The number of nitrogens with one attached hydrogen (secondary N) is 1. The van der Waals surface area contributed by atoms with E-state index in [0.717, 1.165) is 29.8 Å². The molecule has 31 heavy (non-hydrogen) atoms. The van der Waals surface area contributed by atoms with E-state index in [-0.39, 0.29) is 17.7 Å². The fourth-order valence-electron chi connectivity index (χ4n) is 3.78. The van der Waals surface area contributed by atoms with Gasteiger partial charge in [-0.2, -0.15) is 5.10 Å². The molecule has 1 saturated heterocycles. The molecule has 162 valence electrons. The Hall–Kier alpha value is -3.49. The molecule has 2 aromatic heterocycles. The van der Waals surface area contributed by atoms with E-state index in [0.29, 0.717) is 36.9 Å². The van der Waals surface area contributed by atoms with Crippen LogP contribution in [0.4, 0.5) is 5.69 Å². The molecule has 9 nitrogen and oxygen atoms in total. The van der Waals surface area contributed by atoms with Gasteiger partial charge in [0.05, 0.1) is 17.6 Å². The van der Waals surface area contributed by atoms with Crippen LogP contribution in [0.15, 0.2) is 34.9 Å².